The minimum atomic E-state index is -0.689. The average molecular weight is 641 g/mol. The number of esters is 1. The molecular formula is C39H29ClN2O5. The Hall–Kier alpha value is -5.40. The Morgan fingerprint density at radius 1 is 0.851 bits per heavy atom. The van der Waals surface area contributed by atoms with E-state index in [0.29, 0.717) is 44.9 Å². The zero-order chi connectivity index (χ0) is 32.7. The summed E-state index contributed by atoms with van der Waals surface area (Å²) in [5.41, 5.74) is 4.63. The summed E-state index contributed by atoms with van der Waals surface area (Å²) >= 11 is 6.52. The van der Waals surface area contributed by atoms with Gasteiger partial charge in [0.15, 0.2) is 12.4 Å². The van der Waals surface area contributed by atoms with Gasteiger partial charge in [0.2, 0.25) is 11.8 Å². The fraction of sp³-hybridized carbons (Fsp3) is 0.154. The molecule has 3 unspecified atom stereocenters. The van der Waals surface area contributed by atoms with Crippen molar-refractivity contribution >= 4 is 51.8 Å². The van der Waals surface area contributed by atoms with Crippen LogP contribution >= 0.6 is 11.6 Å². The number of rotatable bonds is 7. The number of fused-ring (bicyclic) bond motifs is 2. The molecule has 2 amide bonds. The molecule has 0 spiro atoms. The van der Waals surface area contributed by atoms with Crippen LogP contribution in [0.1, 0.15) is 34.1 Å². The second-order valence-electron chi connectivity index (χ2n) is 11.8. The van der Waals surface area contributed by atoms with E-state index in [4.69, 9.17) is 21.3 Å². The van der Waals surface area contributed by atoms with Crippen molar-refractivity contribution in [3.05, 3.63) is 131 Å². The molecule has 2 heterocycles. The third-order valence-corrected chi connectivity index (χ3v) is 9.26. The lowest BCUT2D eigenvalue weighted by molar-refractivity contribution is -0.122. The van der Waals surface area contributed by atoms with Gasteiger partial charge in [-0.1, -0.05) is 110 Å². The molecule has 47 heavy (non-hydrogen) atoms. The minimum absolute atomic E-state index is 0.00493. The molecule has 1 aromatic heterocycles. The Morgan fingerprint density at radius 2 is 1.55 bits per heavy atom. The van der Waals surface area contributed by atoms with Crippen molar-refractivity contribution in [1.29, 1.82) is 0 Å². The van der Waals surface area contributed by atoms with Crippen molar-refractivity contribution in [3.8, 4) is 22.4 Å². The van der Waals surface area contributed by atoms with Crippen LogP contribution in [0.15, 0.2) is 115 Å². The van der Waals surface area contributed by atoms with Gasteiger partial charge in [-0.2, -0.15) is 0 Å². The Morgan fingerprint density at radius 3 is 2.28 bits per heavy atom. The van der Waals surface area contributed by atoms with Crippen LogP contribution < -0.4 is 4.90 Å². The van der Waals surface area contributed by atoms with E-state index in [1.807, 2.05) is 61.5 Å². The van der Waals surface area contributed by atoms with Crippen molar-refractivity contribution in [2.75, 3.05) is 11.5 Å². The highest BCUT2D eigenvalue weighted by molar-refractivity contribution is 6.35. The number of halogens is 1. The number of allylic oxidation sites excluding steroid dienone is 2. The first kappa shape index (κ1) is 30.3. The van der Waals surface area contributed by atoms with Gasteiger partial charge in [0.25, 0.3) is 0 Å². The lowest BCUT2D eigenvalue weighted by Crippen LogP contribution is -2.31. The summed E-state index contributed by atoms with van der Waals surface area (Å²) in [7, 11) is 0. The first-order chi connectivity index (χ1) is 22.8. The van der Waals surface area contributed by atoms with E-state index < -0.39 is 12.6 Å². The number of para-hydroxylation sites is 1. The zero-order valence-corrected chi connectivity index (χ0v) is 26.2. The third-order valence-electron chi connectivity index (χ3n) is 8.95. The lowest BCUT2D eigenvalue weighted by Gasteiger charge is -2.22. The van der Waals surface area contributed by atoms with Crippen molar-refractivity contribution in [1.82, 2.24) is 4.98 Å². The molecule has 1 aliphatic carbocycles. The molecule has 5 aromatic rings. The molecule has 0 bridgehead atoms. The number of pyridine rings is 1. The summed E-state index contributed by atoms with van der Waals surface area (Å²) in [6.07, 6.45) is 4.53. The second-order valence-corrected chi connectivity index (χ2v) is 12.3. The predicted molar refractivity (Wildman–Crippen MR) is 181 cm³/mol. The predicted octanol–water partition coefficient (Wildman–Crippen LogP) is 7.96. The zero-order valence-electron chi connectivity index (χ0n) is 25.4. The Kier molecular flexibility index (Phi) is 8.00. The summed E-state index contributed by atoms with van der Waals surface area (Å²) in [6.45, 7) is 1.52. The summed E-state index contributed by atoms with van der Waals surface area (Å²) in [5.74, 6) is -2.11. The molecule has 3 atom stereocenters. The number of hydrogen-bond donors (Lipinski definition) is 0. The molecule has 8 heteroatoms. The first-order valence-corrected chi connectivity index (χ1v) is 15.8. The highest BCUT2D eigenvalue weighted by Crippen LogP contribution is 2.41. The number of carbonyl (C=O) groups excluding carboxylic acids is 4. The molecular weight excluding hydrogens is 612 g/mol. The van der Waals surface area contributed by atoms with Gasteiger partial charge in [-0.3, -0.25) is 19.3 Å². The number of aromatic nitrogens is 1. The topological polar surface area (TPSA) is 93.6 Å². The molecule has 1 aliphatic heterocycles. The lowest BCUT2D eigenvalue weighted by atomic mass is 9.78. The highest BCUT2D eigenvalue weighted by atomic mass is 35.5. The number of benzene rings is 4. The molecule has 1 fully saturated rings. The van der Waals surface area contributed by atoms with Gasteiger partial charge in [-0.25, -0.2) is 9.78 Å². The summed E-state index contributed by atoms with van der Waals surface area (Å²) in [6, 6.07) is 30.6. The maximum Gasteiger partial charge on any atom is 0.339 e. The Bertz CT molecular complexity index is 2070. The van der Waals surface area contributed by atoms with Gasteiger partial charge in [0.1, 0.15) is 0 Å². The quantitative estimate of drug-likeness (QED) is 0.0775. The molecule has 2 aliphatic rings. The molecule has 0 N–H and O–H groups in total. The second kappa shape index (κ2) is 12.4. The third kappa shape index (κ3) is 5.64. The average Bonchev–Trinajstić information content (AvgIpc) is 3.37. The number of nitrogens with zero attached hydrogens (tertiary/aromatic N) is 2. The van der Waals surface area contributed by atoms with Gasteiger partial charge in [-0.15, -0.1) is 0 Å². The number of imide groups is 1. The molecule has 232 valence electrons. The standard InChI is InChI=1S/C39H29ClN2O5/c1-23-7-5-11-30-35(23)38(45)42(37(30)44)28-19-17-26(18-20-28)33-21-31(29-10-6-12-32(40)36(29)41-33)39(46)47-22-34(43)27-15-13-25(14-16-27)24-8-3-2-4-9-24/h2-10,12-21,23,30,35H,11,22H2,1H3. The van der Waals surface area contributed by atoms with E-state index in [1.165, 1.54) is 4.90 Å². The van der Waals surface area contributed by atoms with E-state index >= 15 is 0 Å². The number of anilines is 1. The number of Topliss-reactive ketones (excluding diaryl/α,β-unsaturated/α-hetero) is 1. The molecule has 4 aromatic carbocycles. The number of amides is 2. The number of ether oxygens (including phenoxy) is 1. The molecule has 7 rings (SSSR count). The van der Waals surface area contributed by atoms with Crippen LogP contribution in [0, 0.1) is 17.8 Å². The van der Waals surface area contributed by atoms with E-state index in [0.717, 1.165) is 11.1 Å². The van der Waals surface area contributed by atoms with Crippen LogP contribution in [0.5, 0.6) is 0 Å². The van der Waals surface area contributed by atoms with Crippen LogP contribution in [0.3, 0.4) is 0 Å². The smallest absolute Gasteiger partial charge is 0.339 e. The van der Waals surface area contributed by atoms with Crippen LogP contribution in [-0.2, 0) is 14.3 Å². The van der Waals surface area contributed by atoms with Crippen LogP contribution in [0.2, 0.25) is 5.02 Å². The number of carbonyl (C=O) groups is 4. The van der Waals surface area contributed by atoms with Crippen molar-refractivity contribution in [2.24, 2.45) is 17.8 Å². The molecule has 0 radical (unpaired) electrons. The maximum absolute atomic E-state index is 13.4. The Balaban J connectivity index is 1.12. The molecule has 7 nitrogen and oxygen atoms in total. The Labute approximate surface area is 276 Å². The largest absolute Gasteiger partial charge is 0.454 e. The highest BCUT2D eigenvalue weighted by Gasteiger charge is 2.50. The fourth-order valence-corrected chi connectivity index (χ4v) is 6.70. The maximum atomic E-state index is 13.4. The number of hydrogen-bond acceptors (Lipinski definition) is 6. The SMILES string of the molecule is CC1C=CCC2C(=O)N(c3ccc(-c4cc(C(=O)OCC(=O)c5ccc(-c6ccccc6)cc5)c5cccc(Cl)c5n4)cc3)C(=O)C12. The van der Waals surface area contributed by atoms with Gasteiger partial charge in [0.05, 0.1) is 39.3 Å². The minimum Gasteiger partial charge on any atom is -0.454 e. The molecule has 1 saturated heterocycles. The summed E-state index contributed by atoms with van der Waals surface area (Å²) in [4.78, 5) is 58.9. The summed E-state index contributed by atoms with van der Waals surface area (Å²) < 4.78 is 5.52. The molecule has 0 saturated carbocycles. The van der Waals surface area contributed by atoms with Gasteiger partial charge in [0, 0.05) is 16.5 Å². The fourth-order valence-electron chi connectivity index (χ4n) is 6.48. The van der Waals surface area contributed by atoms with Gasteiger partial charge >= 0.3 is 5.97 Å². The van der Waals surface area contributed by atoms with Gasteiger partial charge < -0.3 is 4.74 Å². The van der Waals surface area contributed by atoms with Crippen molar-refractivity contribution in [3.63, 3.8) is 0 Å². The van der Waals surface area contributed by atoms with Crippen molar-refractivity contribution in [2.45, 2.75) is 13.3 Å². The van der Waals surface area contributed by atoms with Crippen LogP contribution in [0.25, 0.3) is 33.3 Å². The van der Waals surface area contributed by atoms with Gasteiger partial charge in [-0.05, 0) is 47.7 Å². The van der Waals surface area contributed by atoms with Crippen LogP contribution in [0.4, 0.5) is 5.69 Å². The number of ketones is 1. The first-order valence-electron chi connectivity index (χ1n) is 15.4. The monoisotopic (exact) mass is 640 g/mol. The van der Waals surface area contributed by atoms with Crippen LogP contribution in [-0.4, -0.2) is 35.2 Å². The van der Waals surface area contributed by atoms with E-state index in [-0.39, 0.29) is 40.9 Å². The summed E-state index contributed by atoms with van der Waals surface area (Å²) in [5, 5.41) is 0.837. The van der Waals surface area contributed by atoms with Crippen molar-refractivity contribution < 1.29 is 23.9 Å². The van der Waals surface area contributed by atoms with E-state index in [1.54, 1.807) is 60.7 Å². The van der Waals surface area contributed by atoms with E-state index in [2.05, 4.69) is 0 Å². The van der Waals surface area contributed by atoms with E-state index in [9.17, 15) is 19.2 Å². The normalized spacial score (nSPS) is 18.8.